The molecule has 6 nitrogen and oxygen atoms in total. The molecule has 4 rings (SSSR count). The van der Waals surface area contributed by atoms with E-state index in [1.54, 1.807) is 55.5 Å². The largest absolute Gasteiger partial charge is 0.463 e. The third-order valence-corrected chi connectivity index (χ3v) is 8.16. The fourth-order valence-corrected chi connectivity index (χ4v) is 6.16. The van der Waals surface area contributed by atoms with Crippen molar-refractivity contribution in [2.24, 2.45) is 0 Å². The minimum atomic E-state index is -4.00. The molecule has 3 aromatic carbocycles. The summed E-state index contributed by atoms with van der Waals surface area (Å²) in [5.74, 6) is -1.15. The van der Waals surface area contributed by atoms with Gasteiger partial charge in [0.15, 0.2) is 5.78 Å². The van der Waals surface area contributed by atoms with Gasteiger partial charge in [0.1, 0.15) is 0 Å². The van der Waals surface area contributed by atoms with Crippen LogP contribution < -0.4 is 4.31 Å². The number of rotatable bonds is 8. The van der Waals surface area contributed by atoms with Crippen LogP contribution in [0.25, 0.3) is 0 Å². The zero-order valence-corrected chi connectivity index (χ0v) is 21.4. The van der Waals surface area contributed by atoms with Crippen LogP contribution in [0.15, 0.2) is 89.8 Å². The average molecular weight is 504 g/mol. The van der Waals surface area contributed by atoms with Gasteiger partial charge in [-0.25, -0.2) is 13.2 Å². The number of Topliss-reactive ketones (excluding diaryl/α,β-unsaturated/α-hetero) is 1. The number of sulfonamides is 1. The number of esters is 1. The van der Waals surface area contributed by atoms with E-state index in [1.807, 2.05) is 38.1 Å². The van der Waals surface area contributed by atoms with E-state index in [9.17, 15) is 18.0 Å². The molecule has 0 bridgehead atoms. The first kappa shape index (κ1) is 25.4. The second-order valence-corrected chi connectivity index (χ2v) is 10.7. The van der Waals surface area contributed by atoms with Crippen molar-refractivity contribution in [3.63, 3.8) is 0 Å². The van der Waals surface area contributed by atoms with Crippen molar-refractivity contribution in [1.29, 1.82) is 0 Å². The van der Waals surface area contributed by atoms with Crippen LogP contribution in [0, 0.1) is 13.8 Å². The Balaban J connectivity index is 1.80. The van der Waals surface area contributed by atoms with E-state index in [2.05, 4.69) is 0 Å². The molecule has 3 aromatic rings. The van der Waals surface area contributed by atoms with Crippen LogP contribution in [0.3, 0.4) is 0 Å². The lowest BCUT2D eigenvalue weighted by Gasteiger charge is -2.27. The minimum absolute atomic E-state index is 0.0812. The third kappa shape index (κ3) is 5.11. The number of carbonyl (C=O) groups is 2. The highest BCUT2D eigenvalue weighted by molar-refractivity contribution is 7.93. The van der Waals surface area contributed by atoms with Crippen LogP contribution in [0.1, 0.15) is 46.3 Å². The van der Waals surface area contributed by atoms with Crippen LogP contribution in [0.5, 0.6) is 0 Å². The van der Waals surface area contributed by atoms with E-state index in [0.29, 0.717) is 11.3 Å². The van der Waals surface area contributed by atoms with Crippen molar-refractivity contribution in [1.82, 2.24) is 0 Å². The standard InChI is InChI=1S/C29H29NO5S/c1-4-35-29(32)18-17-27-25(19-28(31)22-13-9-20(2)10-14-22)24-7-5-6-8-26(24)30(27)36(33,34)23-15-11-21(3)12-16-23/h5-18,25,27H,4,19H2,1-3H3/b18-17+/t25-,27+/m1/s1. The predicted molar refractivity (Wildman–Crippen MR) is 140 cm³/mol. The molecule has 2 atom stereocenters. The van der Waals surface area contributed by atoms with E-state index in [1.165, 1.54) is 16.5 Å². The second-order valence-electron chi connectivity index (χ2n) is 8.87. The SMILES string of the molecule is CCOC(=O)/C=C/[C@H]1[C@H](CC(=O)c2ccc(C)cc2)c2ccccc2N1S(=O)(=O)c1ccc(C)cc1. The number of benzene rings is 3. The maximum absolute atomic E-state index is 13.9. The van der Waals surface area contributed by atoms with E-state index in [0.717, 1.165) is 16.7 Å². The van der Waals surface area contributed by atoms with Crippen molar-refractivity contribution in [3.8, 4) is 0 Å². The van der Waals surface area contributed by atoms with Crippen LogP contribution in [0.4, 0.5) is 5.69 Å². The third-order valence-electron chi connectivity index (χ3n) is 6.33. The molecule has 0 saturated heterocycles. The van der Waals surface area contributed by atoms with Gasteiger partial charge in [0.2, 0.25) is 0 Å². The number of aryl methyl sites for hydroxylation is 2. The molecule has 0 aliphatic carbocycles. The number of ether oxygens (including phenoxy) is 1. The Bertz CT molecular complexity index is 1390. The molecule has 0 aromatic heterocycles. The van der Waals surface area contributed by atoms with Crippen molar-refractivity contribution in [2.45, 2.75) is 44.0 Å². The Morgan fingerprint density at radius 3 is 2.17 bits per heavy atom. The average Bonchev–Trinajstić information content (AvgIpc) is 3.17. The molecule has 1 heterocycles. The van der Waals surface area contributed by atoms with Gasteiger partial charge < -0.3 is 4.74 Å². The van der Waals surface area contributed by atoms with Crippen LogP contribution in [-0.2, 0) is 19.6 Å². The number of fused-ring (bicyclic) bond motifs is 1. The van der Waals surface area contributed by atoms with Gasteiger partial charge in [0.25, 0.3) is 10.0 Å². The number of nitrogens with zero attached hydrogens (tertiary/aromatic N) is 1. The van der Waals surface area contributed by atoms with E-state index in [4.69, 9.17) is 4.74 Å². The Hall–Kier alpha value is -3.71. The van der Waals surface area contributed by atoms with Crippen LogP contribution in [-0.4, -0.2) is 32.8 Å². The highest BCUT2D eigenvalue weighted by Crippen LogP contribution is 2.46. The highest BCUT2D eigenvalue weighted by atomic mass is 32.2. The summed E-state index contributed by atoms with van der Waals surface area (Å²) < 4.78 is 34.2. The molecular formula is C29H29NO5S. The Labute approximate surface area is 212 Å². The molecule has 1 aliphatic rings. The van der Waals surface area contributed by atoms with Gasteiger partial charge in [-0.15, -0.1) is 0 Å². The molecule has 186 valence electrons. The van der Waals surface area contributed by atoms with Gasteiger partial charge in [0, 0.05) is 24.0 Å². The number of hydrogen-bond donors (Lipinski definition) is 0. The van der Waals surface area contributed by atoms with Crippen molar-refractivity contribution in [2.75, 3.05) is 10.9 Å². The van der Waals surface area contributed by atoms with Gasteiger partial charge in [-0.2, -0.15) is 0 Å². The van der Waals surface area contributed by atoms with Gasteiger partial charge >= 0.3 is 5.97 Å². The quantitative estimate of drug-likeness (QED) is 0.235. The summed E-state index contributed by atoms with van der Waals surface area (Å²) >= 11 is 0. The van der Waals surface area contributed by atoms with Crippen LogP contribution in [0.2, 0.25) is 0 Å². The minimum Gasteiger partial charge on any atom is -0.463 e. The van der Waals surface area contributed by atoms with E-state index < -0.39 is 28.0 Å². The molecule has 0 unspecified atom stereocenters. The number of ketones is 1. The van der Waals surface area contributed by atoms with Crippen LogP contribution >= 0.6 is 0 Å². The smallest absolute Gasteiger partial charge is 0.330 e. The number of hydrogen-bond acceptors (Lipinski definition) is 5. The van der Waals surface area contributed by atoms with Crippen molar-refractivity contribution in [3.05, 3.63) is 107 Å². The fraction of sp³-hybridized carbons (Fsp3) is 0.241. The molecule has 0 radical (unpaired) electrons. The summed E-state index contributed by atoms with van der Waals surface area (Å²) in [6.07, 6.45) is 2.87. The van der Waals surface area contributed by atoms with Gasteiger partial charge in [-0.1, -0.05) is 71.8 Å². The zero-order valence-electron chi connectivity index (χ0n) is 20.5. The lowest BCUT2D eigenvalue weighted by Crippen LogP contribution is -2.38. The molecule has 0 N–H and O–H groups in total. The summed E-state index contributed by atoms with van der Waals surface area (Å²) in [7, 11) is -4.00. The Morgan fingerprint density at radius 2 is 1.53 bits per heavy atom. The summed E-state index contributed by atoms with van der Waals surface area (Å²) in [5.41, 5.74) is 3.79. The predicted octanol–water partition coefficient (Wildman–Crippen LogP) is 5.36. The second kappa shape index (κ2) is 10.5. The monoisotopic (exact) mass is 503 g/mol. The molecule has 36 heavy (non-hydrogen) atoms. The fourth-order valence-electron chi connectivity index (χ4n) is 4.49. The molecule has 7 heteroatoms. The molecule has 0 fully saturated rings. The summed E-state index contributed by atoms with van der Waals surface area (Å²) in [4.78, 5) is 25.6. The Kier molecular flexibility index (Phi) is 7.40. The topological polar surface area (TPSA) is 80.8 Å². The lowest BCUT2D eigenvalue weighted by molar-refractivity contribution is -0.137. The normalized spacial score (nSPS) is 17.2. The maximum atomic E-state index is 13.9. The van der Waals surface area contributed by atoms with E-state index in [-0.39, 0.29) is 23.7 Å². The van der Waals surface area contributed by atoms with Crippen molar-refractivity contribution >= 4 is 27.5 Å². The lowest BCUT2D eigenvalue weighted by atomic mass is 9.88. The first-order valence-electron chi connectivity index (χ1n) is 11.9. The molecule has 0 spiro atoms. The summed E-state index contributed by atoms with van der Waals surface area (Å²) in [6.45, 7) is 5.74. The number of carbonyl (C=O) groups excluding carboxylic acids is 2. The maximum Gasteiger partial charge on any atom is 0.330 e. The molecule has 0 amide bonds. The first-order chi connectivity index (χ1) is 17.2. The van der Waals surface area contributed by atoms with Crippen molar-refractivity contribution < 1.29 is 22.7 Å². The molecular weight excluding hydrogens is 474 g/mol. The Morgan fingerprint density at radius 1 is 0.917 bits per heavy atom. The highest BCUT2D eigenvalue weighted by Gasteiger charge is 2.44. The van der Waals surface area contributed by atoms with Gasteiger partial charge in [-0.05, 0) is 44.5 Å². The van der Waals surface area contributed by atoms with E-state index >= 15 is 0 Å². The first-order valence-corrected chi connectivity index (χ1v) is 13.3. The molecule has 1 aliphatic heterocycles. The summed E-state index contributed by atoms with van der Waals surface area (Å²) in [5, 5.41) is 0. The number of anilines is 1. The zero-order chi connectivity index (χ0) is 25.9. The van der Waals surface area contributed by atoms with Gasteiger partial charge in [0.05, 0.1) is 23.2 Å². The summed E-state index contributed by atoms with van der Waals surface area (Å²) in [6, 6.07) is 20.4. The van der Waals surface area contributed by atoms with Gasteiger partial charge in [-0.3, -0.25) is 9.10 Å². The number of para-hydroxylation sites is 1. The molecule has 0 saturated carbocycles.